The molecule has 4 rings (SSSR count). The lowest BCUT2D eigenvalue weighted by molar-refractivity contribution is 0.108. The molecule has 25 heavy (non-hydrogen) atoms. The second-order valence-corrected chi connectivity index (χ2v) is 6.35. The van der Waals surface area contributed by atoms with Crippen LogP contribution in [0.1, 0.15) is 27.0 Å². The fraction of sp³-hybridized carbons (Fsp3) is 0.0455. The van der Waals surface area contributed by atoms with Gasteiger partial charge in [-0.05, 0) is 52.6 Å². The van der Waals surface area contributed by atoms with Gasteiger partial charge < -0.3 is 4.90 Å². The third kappa shape index (κ3) is 3.09. The van der Waals surface area contributed by atoms with E-state index in [2.05, 4.69) is 65.6 Å². The molecular weight excluding hydrogens is 330 g/mol. The van der Waals surface area contributed by atoms with Crippen LogP contribution in [0.15, 0.2) is 72.8 Å². The number of hydrogen-bond donors (Lipinski definition) is 0. The van der Waals surface area contributed by atoms with Gasteiger partial charge >= 0.3 is 0 Å². The maximum absolute atomic E-state index is 11.3. The molecule has 1 heterocycles. The molecule has 2 nitrogen and oxygen atoms in total. The Morgan fingerprint density at radius 3 is 1.80 bits per heavy atom. The van der Waals surface area contributed by atoms with Crippen LogP contribution < -0.4 is 4.90 Å². The Morgan fingerprint density at radius 1 is 0.760 bits per heavy atom. The quantitative estimate of drug-likeness (QED) is 0.552. The molecule has 0 amide bonds. The van der Waals surface area contributed by atoms with Crippen LogP contribution in [-0.4, -0.2) is 5.24 Å². The zero-order chi connectivity index (χ0) is 17.2. The number of carbonyl (C=O) groups excluding carboxylic acids is 1. The predicted molar refractivity (Wildman–Crippen MR) is 104 cm³/mol. The third-order valence-corrected chi connectivity index (χ3v) is 4.64. The first-order valence-corrected chi connectivity index (χ1v) is 8.52. The van der Waals surface area contributed by atoms with Gasteiger partial charge in [0.25, 0.3) is 5.24 Å². The van der Waals surface area contributed by atoms with E-state index in [-0.39, 0.29) is 0 Å². The first-order chi connectivity index (χ1) is 12.2. The van der Waals surface area contributed by atoms with Crippen molar-refractivity contribution in [3.63, 3.8) is 0 Å². The average Bonchev–Trinajstić information content (AvgIpc) is 2.80. The molecule has 0 fully saturated rings. The first-order valence-electron chi connectivity index (χ1n) is 8.15. The van der Waals surface area contributed by atoms with Gasteiger partial charge in [0, 0.05) is 23.5 Å². The van der Waals surface area contributed by atoms with Crippen molar-refractivity contribution in [3.05, 3.63) is 95.1 Å². The van der Waals surface area contributed by atoms with E-state index in [1.807, 2.05) is 12.1 Å². The van der Waals surface area contributed by atoms with E-state index in [0.717, 1.165) is 5.56 Å². The second-order valence-electron chi connectivity index (χ2n) is 6.01. The van der Waals surface area contributed by atoms with Gasteiger partial charge in [0.2, 0.25) is 0 Å². The number of hydrogen-bond acceptors (Lipinski definition) is 2. The number of benzene rings is 3. The Bertz CT molecular complexity index is 910. The van der Waals surface area contributed by atoms with Crippen molar-refractivity contribution in [2.75, 3.05) is 4.90 Å². The van der Waals surface area contributed by atoms with Gasteiger partial charge in [-0.2, -0.15) is 0 Å². The van der Waals surface area contributed by atoms with Crippen molar-refractivity contribution in [2.45, 2.75) is 6.54 Å². The molecule has 3 heteroatoms. The average molecular weight is 346 g/mol. The molecule has 0 N–H and O–H groups in total. The summed E-state index contributed by atoms with van der Waals surface area (Å²) in [5, 5.41) is -0.429. The maximum Gasteiger partial charge on any atom is 0.252 e. The van der Waals surface area contributed by atoms with Gasteiger partial charge in [0.05, 0.1) is 0 Å². The van der Waals surface area contributed by atoms with Crippen LogP contribution in [-0.2, 0) is 6.54 Å². The highest BCUT2D eigenvalue weighted by molar-refractivity contribution is 6.67. The molecule has 1 aliphatic rings. The number of nitrogens with zero attached hydrogens (tertiary/aromatic N) is 1. The molecule has 0 unspecified atom stereocenters. The molecule has 0 aliphatic carbocycles. The lowest BCUT2D eigenvalue weighted by atomic mass is 10.1. The van der Waals surface area contributed by atoms with Crippen LogP contribution in [0.3, 0.4) is 0 Å². The summed E-state index contributed by atoms with van der Waals surface area (Å²) in [6.07, 6.45) is 4.31. The first kappa shape index (κ1) is 15.7. The summed E-state index contributed by atoms with van der Waals surface area (Å²) in [5.74, 6) is 0. The van der Waals surface area contributed by atoms with E-state index >= 15 is 0 Å². The number of carbonyl (C=O) groups is 1. The normalized spacial score (nSPS) is 12.3. The highest BCUT2D eigenvalue weighted by Crippen LogP contribution is 2.37. The Morgan fingerprint density at radius 2 is 1.28 bits per heavy atom. The molecule has 0 radical (unpaired) electrons. The molecule has 3 aromatic rings. The minimum Gasteiger partial charge on any atom is -0.336 e. The van der Waals surface area contributed by atoms with Crippen molar-refractivity contribution in [1.29, 1.82) is 0 Å². The molecule has 0 aromatic heterocycles. The Hall–Kier alpha value is -2.84. The number of fused-ring (bicyclic) bond motifs is 2. The van der Waals surface area contributed by atoms with E-state index in [4.69, 9.17) is 11.6 Å². The number of halogens is 1. The molecule has 1 aliphatic heterocycles. The topological polar surface area (TPSA) is 20.3 Å². The van der Waals surface area contributed by atoms with Crippen molar-refractivity contribution >= 4 is 40.4 Å². The number of rotatable bonds is 3. The van der Waals surface area contributed by atoms with E-state index < -0.39 is 5.24 Å². The highest BCUT2D eigenvalue weighted by atomic mass is 35.5. The molecule has 0 saturated heterocycles. The molecular formula is C22H16ClNO. The van der Waals surface area contributed by atoms with Crippen LogP contribution in [0.4, 0.5) is 11.4 Å². The van der Waals surface area contributed by atoms with Crippen molar-refractivity contribution < 1.29 is 4.79 Å². The van der Waals surface area contributed by atoms with Gasteiger partial charge in [-0.1, -0.05) is 60.7 Å². The van der Waals surface area contributed by atoms with Gasteiger partial charge in [-0.25, -0.2) is 0 Å². The summed E-state index contributed by atoms with van der Waals surface area (Å²) in [4.78, 5) is 13.6. The van der Waals surface area contributed by atoms with Crippen LogP contribution in [0.5, 0.6) is 0 Å². The monoisotopic (exact) mass is 345 g/mol. The fourth-order valence-electron chi connectivity index (χ4n) is 3.15. The summed E-state index contributed by atoms with van der Waals surface area (Å²) in [7, 11) is 0. The van der Waals surface area contributed by atoms with Crippen LogP contribution in [0, 0.1) is 0 Å². The molecule has 0 spiro atoms. The summed E-state index contributed by atoms with van der Waals surface area (Å²) in [6, 6.07) is 24.2. The Kier molecular flexibility index (Phi) is 4.12. The lowest BCUT2D eigenvalue weighted by Crippen LogP contribution is -2.17. The van der Waals surface area contributed by atoms with Crippen LogP contribution >= 0.6 is 11.6 Å². The van der Waals surface area contributed by atoms with Crippen molar-refractivity contribution in [2.24, 2.45) is 0 Å². The Balaban J connectivity index is 1.77. The summed E-state index contributed by atoms with van der Waals surface area (Å²) >= 11 is 5.55. The zero-order valence-electron chi connectivity index (χ0n) is 13.5. The Labute approximate surface area is 152 Å². The molecule has 0 atom stereocenters. The van der Waals surface area contributed by atoms with E-state index in [1.54, 1.807) is 12.1 Å². The standard InChI is InChI=1S/C22H16ClNO/c23-22(25)19-11-9-16(10-12-19)15-24-20-7-3-1-5-17(20)13-14-18-6-2-4-8-21(18)24/h1-14H,15H2. The maximum atomic E-state index is 11.3. The van der Waals surface area contributed by atoms with Gasteiger partial charge in [0.15, 0.2) is 0 Å². The summed E-state index contributed by atoms with van der Waals surface area (Å²) in [6.45, 7) is 0.715. The van der Waals surface area contributed by atoms with Gasteiger partial charge in [-0.15, -0.1) is 0 Å². The van der Waals surface area contributed by atoms with Gasteiger partial charge in [0.1, 0.15) is 0 Å². The fourth-order valence-corrected chi connectivity index (χ4v) is 3.28. The predicted octanol–water partition coefficient (Wildman–Crippen LogP) is 5.89. The number of anilines is 2. The lowest BCUT2D eigenvalue weighted by Gasteiger charge is -2.27. The minimum atomic E-state index is -0.429. The third-order valence-electron chi connectivity index (χ3n) is 4.42. The molecule has 0 bridgehead atoms. The van der Waals surface area contributed by atoms with E-state index in [9.17, 15) is 4.79 Å². The molecule has 122 valence electrons. The van der Waals surface area contributed by atoms with Crippen molar-refractivity contribution in [1.82, 2.24) is 0 Å². The van der Waals surface area contributed by atoms with E-state index in [1.165, 1.54) is 22.5 Å². The largest absolute Gasteiger partial charge is 0.336 e. The molecule has 0 saturated carbocycles. The van der Waals surface area contributed by atoms with E-state index in [0.29, 0.717) is 12.1 Å². The number of para-hydroxylation sites is 2. The van der Waals surface area contributed by atoms with Crippen LogP contribution in [0.25, 0.3) is 12.2 Å². The smallest absolute Gasteiger partial charge is 0.252 e. The summed E-state index contributed by atoms with van der Waals surface area (Å²) in [5.41, 5.74) is 6.34. The summed E-state index contributed by atoms with van der Waals surface area (Å²) < 4.78 is 0. The zero-order valence-corrected chi connectivity index (χ0v) is 14.3. The molecule has 3 aromatic carbocycles. The van der Waals surface area contributed by atoms with Gasteiger partial charge in [-0.3, -0.25) is 4.79 Å². The van der Waals surface area contributed by atoms with Crippen LogP contribution in [0.2, 0.25) is 0 Å². The SMILES string of the molecule is O=C(Cl)c1ccc(CN2c3ccccc3C=Cc3ccccc32)cc1. The highest BCUT2D eigenvalue weighted by Gasteiger charge is 2.17. The second kappa shape index (κ2) is 6.58. The van der Waals surface area contributed by atoms with Crippen molar-refractivity contribution in [3.8, 4) is 0 Å². The minimum absolute atomic E-state index is 0.429.